The Hall–Kier alpha value is -1.01. The van der Waals surface area contributed by atoms with Crippen molar-refractivity contribution in [2.24, 2.45) is 0 Å². The topological polar surface area (TPSA) is 38.7 Å². The summed E-state index contributed by atoms with van der Waals surface area (Å²) in [7, 11) is 0. The number of alkyl halides is 2. The van der Waals surface area contributed by atoms with Crippen molar-refractivity contribution >= 4 is 0 Å². The van der Waals surface area contributed by atoms with E-state index in [1.165, 1.54) is 0 Å². The van der Waals surface area contributed by atoms with E-state index in [-0.39, 0.29) is 24.5 Å². The lowest BCUT2D eigenvalue weighted by atomic mass is 9.89. The third kappa shape index (κ3) is 2.70. The summed E-state index contributed by atoms with van der Waals surface area (Å²) in [5.41, 5.74) is -2.98. The van der Waals surface area contributed by atoms with E-state index in [4.69, 9.17) is 14.6 Å². The summed E-state index contributed by atoms with van der Waals surface area (Å²) in [6.07, 6.45) is -1.56. The molecule has 3 nitrogen and oxygen atoms in total. The third-order valence-corrected chi connectivity index (χ3v) is 2.63. The molecule has 0 aromatic rings. The summed E-state index contributed by atoms with van der Waals surface area (Å²) >= 11 is 0. The van der Waals surface area contributed by atoms with Crippen LogP contribution in [0.3, 0.4) is 0 Å². The van der Waals surface area contributed by atoms with Crippen LogP contribution in [-0.4, -0.2) is 43.4 Å². The van der Waals surface area contributed by atoms with Crippen LogP contribution in [0.1, 0.15) is 13.8 Å². The average Bonchev–Trinajstić information content (AvgIpc) is 2.37. The fourth-order valence-electron chi connectivity index (χ4n) is 1.67. The number of halogens is 3. The second-order valence-electron chi connectivity index (χ2n) is 3.84. The first-order valence-corrected chi connectivity index (χ1v) is 5.76. The molecule has 2 atom stereocenters. The van der Waals surface area contributed by atoms with E-state index in [1.807, 2.05) is 0 Å². The third-order valence-electron chi connectivity index (χ3n) is 2.63. The predicted molar refractivity (Wildman–Crippen MR) is 60.2 cm³/mol. The highest BCUT2D eigenvalue weighted by molar-refractivity contribution is 5.39. The van der Waals surface area contributed by atoms with Gasteiger partial charge < -0.3 is 14.6 Å². The van der Waals surface area contributed by atoms with Gasteiger partial charge in [0.15, 0.2) is 6.17 Å². The molecular formula is C12H17F3O3. The fourth-order valence-corrected chi connectivity index (χ4v) is 1.67. The van der Waals surface area contributed by atoms with E-state index < -0.39 is 30.9 Å². The first-order valence-electron chi connectivity index (χ1n) is 5.76. The van der Waals surface area contributed by atoms with E-state index in [2.05, 4.69) is 0 Å². The number of hydrogen-bond donors (Lipinski definition) is 1. The Balaban J connectivity index is 3.07. The molecule has 0 saturated heterocycles. The van der Waals surface area contributed by atoms with Crippen LogP contribution in [0.25, 0.3) is 0 Å². The van der Waals surface area contributed by atoms with Gasteiger partial charge in [-0.05, 0) is 19.9 Å². The SMILES string of the molecule is CCOCC1(F)C(F)=CC(CO)=C(OCC)C1F. The lowest BCUT2D eigenvalue weighted by Crippen LogP contribution is -2.45. The van der Waals surface area contributed by atoms with Crippen molar-refractivity contribution < 1.29 is 27.8 Å². The number of ether oxygens (including phenoxy) is 2. The molecule has 0 aromatic heterocycles. The predicted octanol–water partition coefficient (Wildman–Crippen LogP) is 2.22. The normalized spacial score (nSPS) is 28.3. The van der Waals surface area contributed by atoms with Crippen molar-refractivity contribution in [3.05, 3.63) is 23.2 Å². The molecule has 2 unspecified atom stereocenters. The quantitative estimate of drug-likeness (QED) is 0.801. The average molecular weight is 266 g/mol. The van der Waals surface area contributed by atoms with Gasteiger partial charge in [0.2, 0.25) is 5.67 Å². The lowest BCUT2D eigenvalue weighted by molar-refractivity contribution is -0.0309. The van der Waals surface area contributed by atoms with E-state index in [1.54, 1.807) is 13.8 Å². The standard InChI is InChI=1S/C12H17F3O3/c1-3-17-7-12(15)9(13)5-8(6-16)10(11(12)14)18-4-2/h5,11,16H,3-4,6-7H2,1-2H3. The maximum Gasteiger partial charge on any atom is 0.223 e. The van der Waals surface area contributed by atoms with Crippen LogP contribution in [0.4, 0.5) is 13.2 Å². The summed E-state index contributed by atoms with van der Waals surface area (Å²) in [6.45, 7) is 2.08. The van der Waals surface area contributed by atoms with Crippen LogP contribution < -0.4 is 0 Å². The van der Waals surface area contributed by atoms with Gasteiger partial charge in [0, 0.05) is 12.2 Å². The molecule has 104 valence electrons. The molecule has 0 spiro atoms. The van der Waals surface area contributed by atoms with Gasteiger partial charge in [-0.2, -0.15) is 0 Å². The fraction of sp³-hybridized carbons (Fsp3) is 0.667. The van der Waals surface area contributed by atoms with Crippen molar-refractivity contribution in [1.29, 1.82) is 0 Å². The van der Waals surface area contributed by atoms with E-state index in [9.17, 15) is 13.2 Å². The van der Waals surface area contributed by atoms with Crippen molar-refractivity contribution in [3.8, 4) is 0 Å². The maximum atomic E-state index is 14.3. The zero-order valence-electron chi connectivity index (χ0n) is 10.4. The second kappa shape index (κ2) is 6.24. The highest BCUT2D eigenvalue weighted by Crippen LogP contribution is 2.40. The van der Waals surface area contributed by atoms with Crippen molar-refractivity contribution in [3.63, 3.8) is 0 Å². The lowest BCUT2D eigenvalue weighted by Gasteiger charge is -2.32. The number of rotatable bonds is 6. The molecule has 0 saturated carbocycles. The molecule has 0 amide bonds. The molecule has 18 heavy (non-hydrogen) atoms. The Morgan fingerprint density at radius 1 is 1.39 bits per heavy atom. The highest BCUT2D eigenvalue weighted by atomic mass is 19.2. The Kier molecular flexibility index (Phi) is 5.22. The number of aliphatic hydroxyl groups is 1. The molecular weight excluding hydrogens is 249 g/mol. The monoisotopic (exact) mass is 266 g/mol. The minimum atomic E-state index is -2.89. The van der Waals surface area contributed by atoms with Crippen LogP contribution in [0.2, 0.25) is 0 Å². The second-order valence-corrected chi connectivity index (χ2v) is 3.84. The van der Waals surface area contributed by atoms with Crippen LogP contribution in [-0.2, 0) is 9.47 Å². The number of allylic oxidation sites excluding steroid dienone is 1. The van der Waals surface area contributed by atoms with Crippen molar-refractivity contribution in [2.45, 2.75) is 25.7 Å². The molecule has 0 aromatic carbocycles. The summed E-state index contributed by atoms with van der Waals surface area (Å²) in [5, 5.41) is 9.00. The van der Waals surface area contributed by atoms with E-state index in [0.717, 1.165) is 6.08 Å². The van der Waals surface area contributed by atoms with E-state index >= 15 is 0 Å². The summed E-state index contributed by atoms with van der Waals surface area (Å²) in [4.78, 5) is 0. The Morgan fingerprint density at radius 3 is 2.56 bits per heavy atom. The Labute approximate surface area is 104 Å². The Morgan fingerprint density at radius 2 is 2.06 bits per heavy atom. The van der Waals surface area contributed by atoms with Crippen molar-refractivity contribution in [1.82, 2.24) is 0 Å². The summed E-state index contributed by atoms with van der Waals surface area (Å²) in [6, 6.07) is 0. The van der Waals surface area contributed by atoms with Gasteiger partial charge >= 0.3 is 0 Å². The minimum Gasteiger partial charge on any atom is -0.495 e. The van der Waals surface area contributed by atoms with Crippen LogP contribution in [0, 0.1) is 0 Å². The van der Waals surface area contributed by atoms with Gasteiger partial charge in [-0.3, -0.25) is 0 Å². The first-order chi connectivity index (χ1) is 8.51. The minimum absolute atomic E-state index is 0.0911. The molecule has 1 N–H and O–H groups in total. The van der Waals surface area contributed by atoms with Gasteiger partial charge in [-0.25, -0.2) is 13.2 Å². The first kappa shape index (κ1) is 15.0. The zero-order chi connectivity index (χ0) is 13.8. The molecule has 0 fully saturated rings. The van der Waals surface area contributed by atoms with Crippen LogP contribution in [0.5, 0.6) is 0 Å². The summed E-state index contributed by atoms with van der Waals surface area (Å²) < 4.78 is 51.7. The van der Waals surface area contributed by atoms with Gasteiger partial charge in [0.05, 0.1) is 19.8 Å². The van der Waals surface area contributed by atoms with Gasteiger partial charge in [0.25, 0.3) is 0 Å². The van der Waals surface area contributed by atoms with Gasteiger partial charge in [-0.1, -0.05) is 0 Å². The molecule has 1 aliphatic rings. The van der Waals surface area contributed by atoms with Crippen LogP contribution >= 0.6 is 0 Å². The molecule has 6 heteroatoms. The van der Waals surface area contributed by atoms with Crippen molar-refractivity contribution in [2.75, 3.05) is 26.4 Å². The largest absolute Gasteiger partial charge is 0.495 e. The maximum absolute atomic E-state index is 14.3. The molecule has 0 radical (unpaired) electrons. The molecule has 0 aliphatic heterocycles. The number of aliphatic hydroxyl groups excluding tert-OH is 1. The Bertz CT molecular complexity index is 354. The molecule has 1 rings (SSSR count). The van der Waals surface area contributed by atoms with E-state index in [0.29, 0.717) is 0 Å². The van der Waals surface area contributed by atoms with Gasteiger partial charge in [-0.15, -0.1) is 0 Å². The highest BCUT2D eigenvalue weighted by Gasteiger charge is 2.50. The smallest absolute Gasteiger partial charge is 0.223 e. The number of hydrogen-bond acceptors (Lipinski definition) is 3. The molecule has 0 heterocycles. The molecule has 1 aliphatic carbocycles. The van der Waals surface area contributed by atoms with Gasteiger partial charge in [0.1, 0.15) is 11.6 Å². The van der Waals surface area contributed by atoms with Crippen LogP contribution in [0.15, 0.2) is 23.2 Å². The summed E-state index contributed by atoms with van der Waals surface area (Å²) in [5.74, 6) is -1.67. The molecule has 0 bridgehead atoms. The zero-order valence-corrected chi connectivity index (χ0v) is 10.4.